The molecule has 0 aliphatic rings. The summed E-state index contributed by atoms with van der Waals surface area (Å²) in [5.41, 5.74) is 1.02. The van der Waals surface area contributed by atoms with Crippen LogP contribution in [0.4, 0.5) is 13.2 Å². The molecular formula is C13H18F3NO. The van der Waals surface area contributed by atoms with Gasteiger partial charge in [0, 0.05) is 13.5 Å². The maximum absolute atomic E-state index is 12.0. The van der Waals surface area contributed by atoms with Crippen LogP contribution in [0.1, 0.15) is 24.4 Å². The first-order chi connectivity index (χ1) is 8.53. The van der Waals surface area contributed by atoms with Crippen molar-refractivity contribution in [3.63, 3.8) is 0 Å². The summed E-state index contributed by atoms with van der Waals surface area (Å²) in [5, 5.41) is 3.08. The van der Waals surface area contributed by atoms with Gasteiger partial charge >= 0.3 is 6.18 Å². The molecule has 5 heteroatoms. The van der Waals surface area contributed by atoms with E-state index in [-0.39, 0.29) is 12.5 Å². The molecule has 18 heavy (non-hydrogen) atoms. The van der Waals surface area contributed by atoms with E-state index in [1.165, 1.54) is 0 Å². The third-order valence-corrected chi connectivity index (χ3v) is 2.56. The average Bonchev–Trinajstić information content (AvgIpc) is 2.33. The summed E-state index contributed by atoms with van der Waals surface area (Å²) in [4.78, 5) is 0. The Balaban J connectivity index is 2.40. The summed E-state index contributed by atoms with van der Waals surface area (Å²) in [7, 11) is 1.58. The molecule has 102 valence electrons. The van der Waals surface area contributed by atoms with E-state index in [1.54, 1.807) is 7.11 Å². The first-order valence-corrected chi connectivity index (χ1v) is 5.87. The number of alkyl halides is 3. The van der Waals surface area contributed by atoms with Gasteiger partial charge in [0.05, 0.1) is 12.6 Å². The van der Waals surface area contributed by atoms with Crippen LogP contribution in [0.3, 0.4) is 0 Å². The van der Waals surface area contributed by atoms with Gasteiger partial charge < -0.3 is 10.1 Å². The van der Waals surface area contributed by atoms with Gasteiger partial charge in [-0.25, -0.2) is 0 Å². The van der Waals surface area contributed by atoms with Crippen LogP contribution in [0.2, 0.25) is 0 Å². The predicted molar refractivity (Wildman–Crippen MR) is 64.4 cm³/mol. The van der Waals surface area contributed by atoms with Gasteiger partial charge in [-0.05, 0) is 18.5 Å². The van der Waals surface area contributed by atoms with Crippen LogP contribution in [0.25, 0.3) is 0 Å². The third kappa shape index (κ3) is 6.02. The van der Waals surface area contributed by atoms with Gasteiger partial charge in [-0.2, -0.15) is 13.2 Å². The first kappa shape index (κ1) is 15.0. The van der Waals surface area contributed by atoms with Gasteiger partial charge in [-0.3, -0.25) is 0 Å². The number of benzene rings is 1. The minimum atomic E-state index is -4.08. The van der Waals surface area contributed by atoms with E-state index >= 15 is 0 Å². The summed E-state index contributed by atoms with van der Waals surface area (Å²) in [6, 6.07) is 9.49. The normalized spacial score (nSPS) is 13.6. The molecule has 1 unspecified atom stereocenters. The van der Waals surface area contributed by atoms with Gasteiger partial charge in [0.15, 0.2) is 0 Å². The molecule has 0 saturated heterocycles. The van der Waals surface area contributed by atoms with Crippen LogP contribution >= 0.6 is 0 Å². The second-order valence-corrected chi connectivity index (χ2v) is 4.09. The Kier molecular flexibility index (Phi) is 6.15. The SMILES string of the molecule is COCC(NCCCC(F)(F)F)c1ccccc1. The predicted octanol–water partition coefficient (Wildman–Crippen LogP) is 3.31. The lowest BCUT2D eigenvalue weighted by molar-refractivity contribution is -0.135. The first-order valence-electron chi connectivity index (χ1n) is 5.87. The summed E-state index contributed by atoms with van der Waals surface area (Å²) in [6.07, 6.45) is -4.75. The second kappa shape index (κ2) is 7.38. The molecular weight excluding hydrogens is 243 g/mol. The molecule has 0 bridgehead atoms. The summed E-state index contributed by atoms with van der Waals surface area (Å²) in [6.45, 7) is 0.762. The van der Waals surface area contributed by atoms with E-state index < -0.39 is 12.6 Å². The van der Waals surface area contributed by atoms with Crippen LogP contribution in [0.15, 0.2) is 30.3 Å². The molecule has 2 nitrogen and oxygen atoms in total. The van der Waals surface area contributed by atoms with Crippen molar-refractivity contribution in [2.24, 2.45) is 0 Å². The van der Waals surface area contributed by atoms with Gasteiger partial charge in [0.1, 0.15) is 0 Å². The van der Waals surface area contributed by atoms with Crippen molar-refractivity contribution in [3.05, 3.63) is 35.9 Å². The lowest BCUT2D eigenvalue weighted by atomic mass is 10.1. The van der Waals surface area contributed by atoms with Gasteiger partial charge in [-0.15, -0.1) is 0 Å². The van der Waals surface area contributed by atoms with Crippen LogP contribution in [0, 0.1) is 0 Å². The molecule has 1 rings (SSSR count). The number of methoxy groups -OCH3 is 1. The van der Waals surface area contributed by atoms with Crippen molar-refractivity contribution in [1.29, 1.82) is 0 Å². The number of ether oxygens (including phenoxy) is 1. The standard InChI is InChI=1S/C13H18F3NO/c1-18-10-12(11-6-3-2-4-7-11)17-9-5-8-13(14,15)16/h2-4,6-7,12,17H,5,8-10H2,1H3. The topological polar surface area (TPSA) is 21.3 Å². The zero-order chi connectivity index (χ0) is 13.4. The molecule has 0 radical (unpaired) electrons. The van der Waals surface area contributed by atoms with Crippen molar-refractivity contribution < 1.29 is 17.9 Å². The monoisotopic (exact) mass is 261 g/mol. The van der Waals surface area contributed by atoms with Crippen molar-refractivity contribution in [3.8, 4) is 0 Å². The molecule has 0 saturated carbocycles. The Bertz CT molecular complexity index is 327. The average molecular weight is 261 g/mol. The molecule has 1 aromatic rings. The minimum absolute atomic E-state index is 0.0653. The maximum Gasteiger partial charge on any atom is 0.389 e. The van der Waals surface area contributed by atoms with Crippen LogP contribution < -0.4 is 5.32 Å². The Morgan fingerprint density at radius 3 is 2.44 bits per heavy atom. The van der Waals surface area contributed by atoms with Gasteiger partial charge in [-0.1, -0.05) is 30.3 Å². The van der Waals surface area contributed by atoms with Crippen molar-refractivity contribution in [2.45, 2.75) is 25.1 Å². The van der Waals surface area contributed by atoms with Crippen molar-refractivity contribution in [2.75, 3.05) is 20.3 Å². The number of hydrogen-bond acceptors (Lipinski definition) is 2. The lowest BCUT2D eigenvalue weighted by Crippen LogP contribution is -2.27. The zero-order valence-corrected chi connectivity index (χ0v) is 10.3. The highest BCUT2D eigenvalue weighted by molar-refractivity contribution is 5.18. The van der Waals surface area contributed by atoms with Crippen LogP contribution in [0.5, 0.6) is 0 Å². The lowest BCUT2D eigenvalue weighted by Gasteiger charge is -2.18. The molecule has 0 aromatic heterocycles. The Morgan fingerprint density at radius 1 is 1.22 bits per heavy atom. The largest absolute Gasteiger partial charge is 0.389 e. The van der Waals surface area contributed by atoms with Gasteiger partial charge in [0.2, 0.25) is 0 Å². The highest BCUT2D eigenvalue weighted by atomic mass is 19.4. The Hall–Kier alpha value is -1.07. The number of hydrogen-bond donors (Lipinski definition) is 1. The summed E-state index contributed by atoms with van der Waals surface area (Å²) >= 11 is 0. The summed E-state index contributed by atoms with van der Waals surface area (Å²) in [5.74, 6) is 0. The van der Waals surface area contributed by atoms with E-state index in [1.807, 2.05) is 30.3 Å². The van der Waals surface area contributed by atoms with Crippen LogP contribution in [-0.2, 0) is 4.74 Å². The smallest absolute Gasteiger partial charge is 0.383 e. The van der Waals surface area contributed by atoms with E-state index in [9.17, 15) is 13.2 Å². The van der Waals surface area contributed by atoms with E-state index in [0.717, 1.165) is 5.56 Å². The Labute approximate surface area is 105 Å². The maximum atomic E-state index is 12.0. The van der Waals surface area contributed by atoms with E-state index in [4.69, 9.17) is 4.74 Å². The van der Waals surface area contributed by atoms with Crippen LogP contribution in [-0.4, -0.2) is 26.4 Å². The number of halogens is 3. The van der Waals surface area contributed by atoms with E-state index in [2.05, 4.69) is 5.32 Å². The molecule has 0 fully saturated rings. The fourth-order valence-corrected chi connectivity index (χ4v) is 1.69. The van der Waals surface area contributed by atoms with Crippen molar-refractivity contribution in [1.82, 2.24) is 5.32 Å². The highest BCUT2D eigenvalue weighted by Crippen LogP contribution is 2.21. The minimum Gasteiger partial charge on any atom is -0.383 e. The fourth-order valence-electron chi connectivity index (χ4n) is 1.69. The molecule has 0 amide bonds. The van der Waals surface area contributed by atoms with Gasteiger partial charge in [0.25, 0.3) is 0 Å². The molecule has 1 aromatic carbocycles. The summed E-state index contributed by atoms with van der Waals surface area (Å²) < 4.78 is 41.1. The zero-order valence-electron chi connectivity index (χ0n) is 10.3. The highest BCUT2D eigenvalue weighted by Gasteiger charge is 2.26. The third-order valence-electron chi connectivity index (χ3n) is 2.56. The number of rotatable bonds is 7. The van der Waals surface area contributed by atoms with Crippen molar-refractivity contribution >= 4 is 0 Å². The molecule has 1 atom stereocenters. The second-order valence-electron chi connectivity index (χ2n) is 4.09. The molecule has 0 aliphatic carbocycles. The quantitative estimate of drug-likeness (QED) is 0.760. The fraction of sp³-hybridized carbons (Fsp3) is 0.538. The Morgan fingerprint density at radius 2 is 1.89 bits per heavy atom. The molecule has 1 N–H and O–H groups in total. The number of nitrogens with one attached hydrogen (secondary N) is 1. The van der Waals surface area contributed by atoms with E-state index in [0.29, 0.717) is 13.2 Å². The molecule has 0 heterocycles. The molecule has 0 aliphatic heterocycles. The molecule has 0 spiro atoms.